The largest absolute Gasteiger partial charge is 0.496 e. The minimum absolute atomic E-state index is 0.168. The average molecular weight is 228 g/mol. The number of nitrogens with zero attached hydrogens (tertiary/aromatic N) is 1. The fraction of sp³-hybridized carbons (Fsp3) is 0.214. The van der Waals surface area contributed by atoms with Crippen molar-refractivity contribution < 1.29 is 4.74 Å². The zero-order valence-electron chi connectivity index (χ0n) is 10.1. The van der Waals surface area contributed by atoms with Gasteiger partial charge in [0.1, 0.15) is 5.75 Å². The molecule has 0 aliphatic heterocycles. The molecule has 0 spiro atoms. The third-order valence-corrected chi connectivity index (χ3v) is 2.83. The molecule has 2 aromatic rings. The van der Waals surface area contributed by atoms with Crippen LogP contribution >= 0.6 is 0 Å². The molecule has 0 fully saturated rings. The molecular formula is C14H16N2O. The number of ether oxygens (including phenoxy) is 1. The van der Waals surface area contributed by atoms with Gasteiger partial charge in [-0.2, -0.15) is 0 Å². The van der Waals surface area contributed by atoms with E-state index >= 15 is 0 Å². The van der Waals surface area contributed by atoms with E-state index < -0.39 is 0 Å². The quantitative estimate of drug-likeness (QED) is 0.877. The molecule has 0 aliphatic rings. The number of methoxy groups -OCH3 is 1. The second-order valence-electron chi connectivity index (χ2n) is 3.99. The highest BCUT2D eigenvalue weighted by atomic mass is 16.5. The Bertz CT molecular complexity index is 497. The van der Waals surface area contributed by atoms with Gasteiger partial charge in [-0.1, -0.05) is 18.2 Å². The van der Waals surface area contributed by atoms with Crippen molar-refractivity contribution >= 4 is 0 Å². The maximum atomic E-state index is 6.19. The lowest BCUT2D eigenvalue weighted by molar-refractivity contribution is 0.411. The van der Waals surface area contributed by atoms with Crippen LogP contribution in [0.5, 0.6) is 5.75 Å². The summed E-state index contributed by atoms with van der Waals surface area (Å²) in [5, 5.41) is 0. The lowest BCUT2D eigenvalue weighted by Crippen LogP contribution is -2.12. The monoisotopic (exact) mass is 228 g/mol. The van der Waals surface area contributed by atoms with Gasteiger partial charge >= 0.3 is 0 Å². The van der Waals surface area contributed by atoms with Crippen LogP contribution in [-0.4, -0.2) is 12.1 Å². The normalized spacial score (nSPS) is 12.2. The molecule has 17 heavy (non-hydrogen) atoms. The van der Waals surface area contributed by atoms with Crippen molar-refractivity contribution in [3.8, 4) is 5.75 Å². The number of hydrogen-bond acceptors (Lipinski definition) is 3. The van der Waals surface area contributed by atoms with Gasteiger partial charge in [0.2, 0.25) is 0 Å². The topological polar surface area (TPSA) is 48.1 Å². The SMILES string of the molecule is COc1cc(C(N)c2cccnc2)ccc1C. The third kappa shape index (κ3) is 2.45. The third-order valence-electron chi connectivity index (χ3n) is 2.83. The summed E-state index contributed by atoms with van der Waals surface area (Å²) in [4.78, 5) is 4.08. The Morgan fingerprint density at radius 2 is 2.06 bits per heavy atom. The van der Waals surface area contributed by atoms with Gasteiger partial charge in [0.25, 0.3) is 0 Å². The van der Waals surface area contributed by atoms with Crippen molar-refractivity contribution in [2.24, 2.45) is 5.73 Å². The zero-order chi connectivity index (χ0) is 12.3. The van der Waals surface area contributed by atoms with Crippen molar-refractivity contribution in [1.29, 1.82) is 0 Å². The molecular weight excluding hydrogens is 212 g/mol. The molecule has 0 saturated heterocycles. The number of pyridine rings is 1. The average Bonchev–Trinajstić information content (AvgIpc) is 2.39. The summed E-state index contributed by atoms with van der Waals surface area (Å²) in [6, 6.07) is 9.72. The molecule has 0 aliphatic carbocycles. The number of benzene rings is 1. The van der Waals surface area contributed by atoms with Crippen LogP contribution < -0.4 is 10.5 Å². The summed E-state index contributed by atoms with van der Waals surface area (Å²) in [6.45, 7) is 2.01. The van der Waals surface area contributed by atoms with Crippen molar-refractivity contribution in [2.45, 2.75) is 13.0 Å². The van der Waals surface area contributed by atoms with E-state index in [2.05, 4.69) is 4.98 Å². The van der Waals surface area contributed by atoms with Crippen LogP contribution in [0.25, 0.3) is 0 Å². The first-order valence-corrected chi connectivity index (χ1v) is 5.52. The Hall–Kier alpha value is -1.87. The summed E-state index contributed by atoms with van der Waals surface area (Å²) >= 11 is 0. The minimum Gasteiger partial charge on any atom is -0.496 e. The van der Waals surface area contributed by atoms with E-state index in [4.69, 9.17) is 10.5 Å². The molecule has 88 valence electrons. The van der Waals surface area contributed by atoms with Crippen LogP contribution in [0, 0.1) is 6.92 Å². The highest BCUT2D eigenvalue weighted by molar-refractivity contribution is 5.40. The van der Waals surface area contributed by atoms with Crippen molar-refractivity contribution in [3.05, 3.63) is 59.4 Å². The molecule has 3 nitrogen and oxygen atoms in total. The van der Waals surface area contributed by atoms with Gasteiger partial charge in [0, 0.05) is 12.4 Å². The first kappa shape index (κ1) is 11.6. The molecule has 0 saturated carbocycles. The standard InChI is InChI=1S/C14H16N2O/c1-10-5-6-11(8-13(10)17-2)14(15)12-4-3-7-16-9-12/h3-9,14H,15H2,1-2H3. The fourth-order valence-corrected chi connectivity index (χ4v) is 1.78. The molecule has 1 heterocycles. The lowest BCUT2D eigenvalue weighted by atomic mass is 9.99. The predicted octanol–water partition coefficient (Wildman–Crippen LogP) is 2.45. The van der Waals surface area contributed by atoms with Gasteiger partial charge in [-0.3, -0.25) is 4.98 Å². The van der Waals surface area contributed by atoms with Crippen molar-refractivity contribution in [3.63, 3.8) is 0 Å². The first-order chi connectivity index (χ1) is 8.22. The van der Waals surface area contributed by atoms with E-state index in [9.17, 15) is 0 Å². The predicted molar refractivity (Wildman–Crippen MR) is 68.0 cm³/mol. The van der Waals surface area contributed by atoms with Crippen LogP contribution in [0.2, 0.25) is 0 Å². The minimum atomic E-state index is -0.168. The van der Waals surface area contributed by atoms with Gasteiger partial charge < -0.3 is 10.5 Å². The van der Waals surface area contributed by atoms with Crippen LogP contribution in [-0.2, 0) is 0 Å². The van der Waals surface area contributed by atoms with E-state index in [-0.39, 0.29) is 6.04 Å². The second kappa shape index (κ2) is 4.97. The molecule has 0 radical (unpaired) electrons. The van der Waals surface area contributed by atoms with Gasteiger partial charge in [-0.15, -0.1) is 0 Å². The Balaban J connectivity index is 2.34. The maximum absolute atomic E-state index is 6.19. The Kier molecular flexibility index (Phi) is 3.40. The molecule has 0 bridgehead atoms. The lowest BCUT2D eigenvalue weighted by Gasteiger charge is -2.14. The summed E-state index contributed by atoms with van der Waals surface area (Å²) in [5.74, 6) is 0.863. The van der Waals surface area contributed by atoms with Crippen LogP contribution in [0.4, 0.5) is 0 Å². The second-order valence-corrected chi connectivity index (χ2v) is 3.99. The van der Waals surface area contributed by atoms with Crippen LogP contribution in [0.15, 0.2) is 42.7 Å². The van der Waals surface area contributed by atoms with Crippen molar-refractivity contribution in [1.82, 2.24) is 4.98 Å². The number of aryl methyl sites for hydroxylation is 1. The summed E-state index contributed by atoms with van der Waals surface area (Å²) in [7, 11) is 1.67. The Labute approximate surface area is 101 Å². The number of hydrogen-bond donors (Lipinski definition) is 1. The van der Waals surface area contributed by atoms with Gasteiger partial charge in [0.05, 0.1) is 13.2 Å². The first-order valence-electron chi connectivity index (χ1n) is 5.52. The maximum Gasteiger partial charge on any atom is 0.122 e. The molecule has 2 N–H and O–H groups in total. The van der Waals surface area contributed by atoms with E-state index in [1.807, 2.05) is 37.3 Å². The van der Waals surface area contributed by atoms with E-state index in [0.717, 1.165) is 22.4 Å². The molecule has 3 heteroatoms. The highest BCUT2D eigenvalue weighted by Crippen LogP contribution is 2.25. The van der Waals surface area contributed by atoms with E-state index in [1.165, 1.54) is 0 Å². The Morgan fingerprint density at radius 1 is 1.24 bits per heavy atom. The molecule has 1 aromatic heterocycles. The summed E-state index contributed by atoms with van der Waals surface area (Å²) < 4.78 is 5.30. The number of nitrogens with two attached hydrogens (primary N) is 1. The molecule has 1 atom stereocenters. The number of aromatic nitrogens is 1. The summed E-state index contributed by atoms with van der Waals surface area (Å²) in [6.07, 6.45) is 3.53. The summed E-state index contributed by atoms with van der Waals surface area (Å²) in [5.41, 5.74) is 9.33. The Morgan fingerprint density at radius 3 is 2.71 bits per heavy atom. The molecule has 2 rings (SSSR count). The van der Waals surface area contributed by atoms with E-state index in [1.54, 1.807) is 19.5 Å². The van der Waals surface area contributed by atoms with Crippen LogP contribution in [0.1, 0.15) is 22.7 Å². The van der Waals surface area contributed by atoms with Gasteiger partial charge in [-0.25, -0.2) is 0 Å². The van der Waals surface area contributed by atoms with Crippen LogP contribution in [0.3, 0.4) is 0 Å². The molecule has 1 unspecified atom stereocenters. The van der Waals surface area contributed by atoms with Gasteiger partial charge in [0.15, 0.2) is 0 Å². The van der Waals surface area contributed by atoms with Gasteiger partial charge in [-0.05, 0) is 35.7 Å². The fourth-order valence-electron chi connectivity index (χ4n) is 1.78. The van der Waals surface area contributed by atoms with Crippen molar-refractivity contribution in [2.75, 3.05) is 7.11 Å². The highest BCUT2D eigenvalue weighted by Gasteiger charge is 2.10. The zero-order valence-corrected chi connectivity index (χ0v) is 10.1. The molecule has 1 aromatic carbocycles. The smallest absolute Gasteiger partial charge is 0.122 e. The number of rotatable bonds is 3. The molecule has 0 amide bonds. The van der Waals surface area contributed by atoms with E-state index in [0.29, 0.717) is 0 Å².